The molecule has 0 heteroatoms. The van der Waals surface area contributed by atoms with Crippen LogP contribution in [-0.2, 0) is 0 Å². The summed E-state index contributed by atoms with van der Waals surface area (Å²) in [6, 6.07) is 0. The van der Waals surface area contributed by atoms with Crippen LogP contribution in [0.5, 0.6) is 0 Å². The Morgan fingerprint density at radius 3 is 2.56 bits per heavy atom. The molecule has 0 aromatic heterocycles. The van der Waals surface area contributed by atoms with Crippen LogP contribution >= 0.6 is 0 Å². The summed E-state index contributed by atoms with van der Waals surface area (Å²) >= 11 is 0. The van der Waals surface area contributed by atoms with E-state index in [0.29, 0.717) is 12.3 Å². The van der Waals surface area contributed by atoms with Gasteiger partial charge in [0.15, 0.2) is 0 Å². The van der Waals surface area contributed by atoms with Gasteiger partial charge >= 0.3 is 0 Å². The van der Waals surface area contributed by atoms with E-state index in [1.54, 1.807) is 0 Å². The van der Waals surface area contributed by atoms with Crippen molar-refractivity contribution in [2.75, 3.05) is 0 Å². The normalized spacial score (nSPS) is 9.31. The minimum atomic E-state index is 0.298. The summed E-state index contributed by atoms with van der Waals surface area (Å²) in [4.78, 5) is 0. The van der Waals surface area contributed by atoms with Gasteiger partial charge in [-0.1, -0.05) is 24.7 Å². The fourth-order valence-corrected chi connectivity index (χ4v) is 1.14. The van der Waals surface area contributed by atoms with Crippen molar-refractivity contribution in [2.45, 2.75) is 46.0 Å². The minimum Gasteiger partial charge on any atom is -0.120 e. The van der Waals surface area contributed by atoms with E-state index in [1.165, 1.54) is 0 Å². The quantitative estimate of drug-likeness (QED) is 0.627. The van der Waals surface area contributed by atoms with Crippen molar-refractivity contribution in [3.63, 3.8) is 0 Å². The van der Waals surface area contributed by atoms with Crippen LogP contribution in [0.25, 0.3) is 0 Å². The van der Waals surface area contributed by atoms with Crippen LogP contribution in [0.3, 0.4) is 0 Å². The molecule has 0 spiro atoms. The molecule has 0 nitrogen and oxygen atoms in total. The molecule has 1 atom stereocenters. The third-order valence-corrected chi connectivity index (χ3v) is 1.95. The molecule has 1 unspecified atom stereocenters. The van der Waals surface area contributed by atoms with Crippen molar-refractivity contribution in [1.29, 1.82) is 0 Å². The van der Waals surface area contributed by atoms with Crippen LogP contribution < -0.4 is 0 Å². The maximum atomic E-state index is 5.24. The van der Waals surface area contributed by atoms with Gasteiger partial charge in [0, 0.05) is 25.2 Å². The van der Waals surface area contributed by atoms with Gasteiger partial charge < -0.3 is 0 Å². The Morgan fingerprint density at radius 1 is 1.12 bits per heavy atom. The zero-order valence-electron chi connectivity index (χ0n) is 10.2. The summed E-state index contributed by atoms with van der Waals surface area (Å²) in [6.07, 6.45) is 9.30. The molecule has 0 aliphatic heterocycles. The highest BCUT2D eigenvalue weighted by atomic mass is 14.0. The molecule has 0 radical (unpaired) electrons. The van der Waals surface area contributed by atoms with Gasteiger partial charge in [0.2, 0.25) is 0 Å². The van der Waals surface area contributed by atoms with Crippen LogP contribution in [0.1, 0.15) is 46.0 Å². The summed E-state index contributed by atoms with van der Waals surface area (Å²) in [5, 5.41) is 0. The molecule has 0 N–H and O–H groups in total. The van der Waals surface area contributed by atoms with Crippen LogP contribution in [0.2, 0.25) is 0 Å². The Hall–Kier alpha value is -1.76. The fourth-order valence-electron chi connectivity index (χ4n) is 1.14. The SMILES string of the molecule is C#CCCC(C#CCC#CCC)CC#CC. The van der Waals surface area contributed by atoms with Gasteiger partial charge in [-0.25, -0.2) is 0 Å². The average molecular weight is 210 g/mol. The fraction of sp³-hybridized carbons (Fsp3) is 0.500. The van der Waals surface area contributed by atoms with E-state index in [1.807, 2.05) is 13.8 Å². The lowest BCUT2D eigenvalue weighted by Crippen LogP contribution is -1.95. The lowest BCUT2D eigenvalue weighted by molar-refractivity contribution is 0.642. The maximum Gasteiger partial charge on any atom is 0.0702 e. The van der Waals surface area contributed by atoms with Crippen molar-refractivity contribution in [1.82, 2.24) is 0 Å². The van der Waals surface area contributed by atoms with E-state index in [9.17, 15) is 0 Å². The zero-order valence-corrected chi connectivity index (χ0v) is 10.2. The van der Waals surface area contributed by atoms with Crippen molar-refractivity contribution in [2.24, 2.45) is 5.92 Å². The predicted molar refractivity (Wildman–Crippen MR) is 70.1 cm³/mol. The maximum absolute atomic E-state index is 5.24. The van der Waals surface area contributed by atoms with Gasteiger partial charge in [-0.15, -0.1) is 30.1 Å². The molecule has 16 heavy (non-hydrogen) atoms. The summed E-state index contributed by atoms with van der Waals surface area (Å²) in [7, 11) is 0. The van der Waals surface area contributed by atoms with Crippen LogP contribution in [-0.4, -0.2) is 0 Å². The Kier molecular flexibility index (Phi) is 10.1. The minimum absolute atomic E-state index is 0.298. The largest absolute Gasteiger partial charge is 0.120 e. The van der Waals surface area contributed by atoms with Gasteiger partial charge in [0.1, 0.15) is 0 Å². The molecule has 0 aliphatic carbocycles. The smallest absolute Gasteiger partial charge is 0.0702 e. The molecule has 0 saturated heterocycles. The third-order valence-electron chi connectivity index (χ3n) is 1.95. The van der Waals surface area contributed by atoms with Crippen LogP contribution in [0.15, 0.2) is 0 Å². The van der Waals surface area contributed by atoms with E-state index < -0.39 is 0 Å². The van der Waals surface area contributed by atoms with Crippen LogP contribution in [0, 0.1) is 53.8 Å². The first-order chi connectivity index (χ1) is 7.85. The second-order valence-corrected chi connectivity index (χ2v) is 3.28. The molecule has 0 rings (SSSR count). The number of hydrogen-bond acceptors (Lipinski definition) is 0. The Balaban J connectivity index is 4.16. The zero-order chi connectivity index (χ0) is 12.1. The van der Waals surface area contributed by atoms with E-state index in [0.717, 1.165) is 25.7 Å². The highest BCUT2D eigenvalue weighted by Gasteiger charge is 2.01. The van der Waals surface area contributed by atoms with E-state index >= 15 is 0 Å². The number of hydrogen-bond donors (Lipinski definition) is 0. The topological polar surface area (TPSA) is 0 Å². The standard InChI is InChI=1S/C16H18/c1-4-7-10-11-12-15-16(13-8-5-2)14-9-6-3/h2,16H,4,8,11,13-14H2,1,3H3. The lowest BCUT2D eigenvalue weighted by Gasteiger charge is -2.02. The molecule has 82 valence electrons. The monoisotopic (exact) mass is 210 g/mol. The summed E-state index contributed by atoms with van der Waals surface area (Å²) in [5.41, 5.74) is 0. The summed E-state index contributed by atoms with van der Waals surface area (Å²) in [5.74, 6) is 21.2. The van der Waals surface area contributed by atoms with E-state index in [-0.39, 0.29) is 0 Å². The summed E-state index contributed by atoms with van der Waals surface area (Å²) < 4.78 is 0. The van der Waals surface area contributed by atoms with E-state index in [2.05, 4.69) is 41.4 Å². The molecule has 0 aliphatic rings. The van der Waals surface area contributed by atoms with Crippen LogP contribution in [0.4, 0.5) is 0 Å². The van der Waals surface area contributed by atoms with E-state index in [4.69, 9.17) is 6.42 Å². The predicted octanol–water partition coefficient (Wildman–Crippen LogP) is 3.24. The first kappa shape index (κ1) is 14.2. The number of rotatable bonds is 3. The molecular formula is C16H18. The number of terminal acetylenes is 1. The van der Waals surface area contributed by atoms with Gasteiger partial charge in [-0.3, -0.25) is 0 Å². The second-order valence-electron chi connectivity index (χ2n) is 3.28. The summed E-state index contributed by atoms with van der Waals surface area (Å²) in [6.45, 7) is 3.88. The Morgan fingerprint density at radius 2 is 1.94 bits per heavy atom. The Bertz CT molecular complexity index is 387. The molecule has 0 heterocycles. The average Bonchev–Trinajstić information content (AvgIpc) is 2.31. The molecular weight excluding hydrogens is 192 g/mol. The molecule has 0 saturated carbocycles. The third kappa shape index (κ3) is 8.82. The van der Waals surface area contributed by atoms with Crippen molar-refractivity contribution in [3.8, 4) is 47.9 Å². The first-order valence-electron chi connectivity index (χ1n) is 5.62. The van der Waals surface area contributed by atoms with Crippen molar-refractivity contribution < 1.29 is 0 Å². The van der Waals surface area contributed by atoms with Gasteiger partial charge in [-0.05, 0) is 13.3 Å². The highest BCUT2D eigenvalue weighted by molar-refractivity contribution is 5.15. The molecule has 0 aromatic rings. The molecule has 0 bridgehead atoms. The second kappa shape index (κ2) is 11.3. The molecule has 0 fully saturated rings. The first-order valence-corrected chi connectivity index (χ1v) is 5.62. The highest BCUT2D eigenvalue weighted by Crippen LogP contribution is 2.08. The lowest BCUT2D eigenvalue weighted by atomic mass is 10.0. The van der Waals surface area contributed by atoms with Gasteiger partial charge in [-0.2, -0.15) is 0 Å². The van der Waals surface area contributed by atoms with Crippen molar-refractivity contribution >= 4 is 0 Å². The van der Waals surface area contributed by atoms with Crippen molar-refractivity contribution in [3.05, 3.63) is 0 Å². The molecule has 0 aromatic carbocycles. The molecule has 0 amide bonds. The van der Waals surface area contributed by atoms with Gasteiger partial charge in [0.05, 0.1) is 6.42 Å². The van der Waals surface area contributed by atoms with Gasteiger partial charge in [0.25, 0.3) is 0 Å². The Labute approximate surface area is 100 Å².